The summed E-state index contributed by atoms with van der Waals surface area (Å²) in [7, 11) is 1.58. The van der Waals surface area contributed by atoms with Crippen LogP contribution in [0.3, 0.4) is 0 Å². The molecule has 0 atom stereocenters. The second kappa shape index (κ2) is 8.05. The molecule has 0 N–H and O–H groups in total. The van der Waals surface area contributed by atoms with Gasteiger partial charge in [-0.25, -0.2) is 0 Å². The molecule has 2 saturated heterocycles. The lowest BCUT2D eigenvalue weighted by Crippen LogP contribution is -2.48. The summed E-state index contributed by atoms with van der Waals surface area (Å²) in [5.41, 5.74) is 0.731. The van der Waals surface area contributed by atoms with Crippen LogP contribution in [0.25, 0.3) is 0 Å². The second-order valence-electron chi connectivity index (χ2n) is 6.61. The molecule has 2 fully saturated rings. The minimum Gasteiger partial charge on any atom is -0.497 e. The van der Waals surface area contributed by atoms with E-state index in [1.165, 1.54) is 6.92 Å². The van der Waals surface area contributed by atoms with Gasteiger partial charge in [-0.1, -0.05) is 6.07 Å². The Morgan fingerprint density at radius 1 is 1.23 bits per heavy atom. The van der Waals surface area contributed by atoms with E-state index in [-0.39, 0.29) is 18.2 Å². The van der Waals surface area contributed by atoms with E-state index in [0.717, 1.165) is 5.69 Å². The minimum absolute atomic E-state index is 0.0481. The topological polar surface area (TPSA) is 68.3 Å². The number of benzene rings is 1. The number of methoxy groups -OCH3 is 1. The van der Waals surface area contributed by atoms with Crippen LogP contribution in [0, 0.1) is 0 Å². The summed E-state index contributed by atoms with van der Waals surface area (Å²) >= 11 is 0. The zero-order valence-corrected chi connectivity index (χ0v) is 15.4. The maximum absolute atomic E-state index is 12.6. The highest BCUT2D eigenvalue weighted by Gasteiger charge is 2.40. The summed E-state index contributed by atoms with van der Waals surface area (Å²) in [4.78, 5) is 28.0. The molecule has 2 aliphatic heterocycles. The van der Waals surface area contributed by atoms with Gasteiger partial charge in [0.1, 0.15) is 5.75 Å². The van der Waals surface area contributed by atoms with E-state index in [2.05, 4.69) is 0 Å². The van der Waals surface area contributed by atoms with Crippen molar-refractivity contribution >= 4 is 17.5 Å². The summed E-state index contributed by atoms with van der Waals surface area (Å²) in [5.74, 6) is 0.143. The van der Waals surface area contributed by atoms with Gasteiger partial charge >= 0.3 is 0 Å². The molecule has 3 rings (SSSR count). The van der Waals surface area contributed by atoms with E-state index in [0.29, 0.717) is 51.4 Å². The molecular formula is C19H26N2O5. The van der Waals surface area contributed by atoms with Gasteiger partial charge in [0.15, 0.2) is 5.79 Å². The first-order chi connectivity index (χ1) is 12.5. The van der Waals surface area contributed by atoms with Crippen LogP contribution in [-0.2, 0) is 19.1 Å². The van der Waals surface area contributed by atoms with Crippen LogP contribution >= 0.6 is 0 Å². The zero-order valence-electron chi connectivity index (χ0n) is 15.4. The third-order valence-electron chi connectivity index (χ3n) is 4.99. The molecule has 0 radical (unpaired) electrons. The first kappa shape index (κ1) is 18.7. The van der Waals surface area contributed by atoms with Gasteiger partial charge < -0.3 is 24.0 Å². The maximum Gasteiger partial charge on any atom is 0.224 e. The number of hydrogen-bond acceptors (Lipinski definition) is 5. The van der Waals surface area contributed by atoms with Crippen LogP contribution in [0.15, 0.2) is 24.3 Å². The highest BCUT2D eigenvalue weighted by Crippen LogP contribution is 2.31. The molecule has 0 aromatic heterocycles. The Morgan fingerprint density at radius 2 is 1.92 bits per heavy atom. The van der Waals surface area contributed by atoms with Crippen molar-refractivity contribution in [3.05, 3.63) is 24.3 Å². The van der Waals surface area contributed by atoms with Gasteiger partial charge in [0.2, 0.25) is 11.8 Å². The summed E-state index contributed by atoms with van der Waals surface area (Å²) in [5, 5.41) is 0. The maximum atomic E-state index is 12.6. The smallest absolute Gasteiger partial charge is 0.224 e. The second-order valence-corrected chi connectivity index (χ2v) is 6.61. The van der Waals surface area contributed by atoms with Crippen LogP contribution in [0.5, 0.6) is 5.75 Å². The molecule has 142 valence electrons. The summed E-state index contributed by atoms with van der Waals surface area (Å²) in [6.07, 6.45) is 1.68. The molecule has 0 bridgehead atoms. The first-order valence-electron chi connectivity index (χ1n) is 9.01. The number of anilines is 1. The van der Waals surface area contributed by atoms with Crippen molar-refractivity contribution in [3.63, 3.8) is 0 Å². The van der Waals surface area contributed by atoms with E-state index in [4.69, 9.17) is 14.2 Å². The van der Waals surface area contributed by atoms with Crippen molar-refractivity contribution in [2.45, 2.75) is 32.0 Å². The molecule has 26 heavy (non-hydrogen) atoms. The van der Waals surface area contributed by atoms with Gasteiger partial charge in [0.25, 0.3) is 0 Å². The Bertz CT molecular complexity index is 647. The average molecular weight is 362 g/mol. The number of rotatable bonds is 5. The van der Waals surface area contributed by atoms with Crippen LogP contribution in [0.4, 0.5) is 5.69 Å². The summed E-state index contributed by atoms with van der Waals surface area (Å²) in [6.45, 7) is 4.35. The standard InChI is InChI=1S/C19H26N2O5/c1-15(22)21(16-4-3-5-17(14-16)24-2)9-6-18(23)20-10-7-19(8-11-20)25-12-13-26-19/h3-5,14H,6-13H2,1-2H3. The molecule has 1 spiro atoms. The third-order valence-corrected chi connectivity index (χ3v) is 4.99. The van der Waals surface area contributed by atoms with E-state index >= 15 is 0 Å². The lowest BCUT2D eigenvalue weighted by atomic mass is 10.0. The average Bonchev–Trinajstić information content (AvgIpc) is 3.10. The molecular weight excluding hydrogens is 336 g/mol. The van der Waals surface area contributed by atoms with Crippen molar-refractivity contribution in [1.29, 1.82) is 0 Å². The van der Waals surface area contributed by atoms with E-state index in [1.807, 2.05) is 23.1 Å². The summed E-state index contributed by atoms with van der Waals surface area (Å²) < 4.78 is 16.6. The number of hydrogen-bond donors (Lipinski definition) is 0. The SMILES string of the molecule is COc1cccc(N(CCC(=O)N2CCC3(CC2)OCCO3)C(C)=O)c1. The predicted molar refractivity (Wildman–Crippen MR) is 96.1 cm³/mol. The first-order valence-corrected chi connectivity index (χ1v) is 9.01. The van der Waals surface area contributed by atoms with Crippen LogP contribution in [0.1, 0.15) is 26.2 Å². The van der Waals surface area contributed by atoms with E-state index in [1.54, 1.807) is 18.1 Å². The van der Waals surface area contributed by atoms with Gasteiger partial charge in [-0.05, 0) is 12.1 Å². The number of ether oxygens (including phenoxy) is 3. The Hall–Kier alpha value is -2.12. The van der Waals surface area contributed by atoms with Crippen LogP contribution < -0.4 is 9.64 Å². The Morgan fingerprint density at radius 3 is 2.54 bits per heavy atom. The number of likely N-dealkylation sites (tertiary alicyclic amines) is 1. The fourth-order valence-corrected chi connectivity index (χ4v) is 3.49. The molecule has 2 aliphatic rings. The van der Waals surface area contributed by atoms with Crippen molar-refractivity contribution in [3.8, 4) is 5.75 Å². The fourth-order valence-electron chi connectivity index (χ4n) is 3.49. The highest BCUT2D eigenvalue weighted by atomic mass is 16.7. The normalized spacial score (nSPS) is 18.8. The van der Waals surface area contributed by atoms with E-state index < -0.39 is 5.79 Å². The van der Waals surface area contributed by atoms with Crippen LogP contribution in [0.2, 0.25) is 0 Å². The predicted octanol–water partition coefficient (Wildman–Crippen LogP) is 1.80. The number of nitrogens with zero attached hydrogens (tertiary/aromatic N) is 2. The van der Waals surface area contributed by atoms with Gasteiger partial charge in [-0.2, -0.15) is 0 Å². The number of piperidine rings is 1. The number of amides is 2. The third kappa shape index (κ3) is 4.16. The van der Waals surface area contributed by atoms with Gasteiger partial charge in [0.05, 0.1) is 20.3 Å². The molecule has 7 heteroatoms. The fraction of sp³-hybridized carbons (Fsp3) is 0.579. The van der Waals surface area contributed by atoms with Crippen molar-refractivity contribution in [1.82, 2.24) is 4.90 Å². The molecule has 2 heterocycles. The van der Waals surface area contributed by atoms with Crippen molar-refractivity contribution in [2.75, 3.05) is 44.9 Å². The lowest BCUT2D eigenvalue weighted by Gasteiger charge is -2.37. The van der Waals surface area contributed by atoms with Crippen LogP contribution in [-0.4, -0.2) is 62.5 Å². The Kier molecular flexibility index (Phi) is 5.78. The molecule has 1 aromatic rings. The lowest BCUT2D eigenvalue weighted by molar-refractivity contribution is -0.187. The monoisotopic (exact) mass is 362 g/mol. The molecule has 7 nitrogen and oxygen atoms in total. The molecule has 0 aliphatic carbocycles. The van der Waals surface area contributed by atoms with Gasteiger partial charge in [-0.15, -0.1) is 0 Å². The minimum atomic E-state index is -0.483. The summed E-state index contributed by atoms with van der Waals surface area (Å²) in [6, 6.07) is 7.29. The Balaban J connectivity index is 1.55. The molecule has 2 amide bonds. The van der Waals surface area contributed by atoms with Gasteiger partial charge in [-0.3, -0.25) is 9.59 Å². The molecule has 1 aromatic carbocycles. The molecule has 0 saturated carbocycles. The van der Waals surface area contributed by atoms with E-state index in [9.17, 15) is 9.59 Å². The molecule has 0 unspecified atom stereocenters. The zero-order chi connectivity index (χ0) is 18.6. The van der Waals surface area contributed by atoms with Crippen molar-refractivity contribution < 1.29 is 23.8 Å². The largest absolute Gasteiger partial charge is 0.497 e. The Labute approximate surface area is 153 Å². The van der Waals surface area contributed by atoms with Gasteiger partial charge in [0, 0.05) is 57.6 Å². The quantitative estimate of drug-likeness (QED) is 0.799. The number of carbonyl (C=O) groups excluding carboxylic acids is 2. The van der Waals surface area contributed by atoms with Crippen molar-refractivity contribution in [2.24, 2.45) is 0 Å². The highest BCUT2D eigenvalue weighted by molar-refractivity contribution is 5.92. The number of carbonyl (C=O) groups is 2.